The molecule has 0 amide bonds. The zero-order valence-corrected chi connectivity index (χ0v) is 16.0. The van der Waals surface area contributed by atoms with Gasteiger partial charge in [-0.2, -0.15) is 0 Å². The van der Waals surface area contributed by atoms with E-state index in [9.17, 15) is 8.76 Å². The maximum absolute atomic E-state index is 11.8. The van der Waals surface area contributed by atoms with E-state index in [1.807, 2.05) is 61.5 Å². The van der Waals surface area contributed by atoms with Crippen LogP contribution in [0.1, 0.15) is 42.6 Å². The van der Waals surface area contributed by atoms with Crippen molar-refractivity contribution < 1.29 is 8.76 Å². The molecule has 3 atom stereocenters. The Bertz CT molecular complexity index is 724. The second-order valence-corrected chi connectivity index (χ2v) is 8.21. The van der Waals surface area contributed by atoms with Crippen LogP contribution < -0.4 is 17.2 Å². The van der Waals surface area contributed by atoms with Crippen LogP contribution in [0.2, 0.25) is 0 Å². The smallest absolute Gasteiger partial charge is 0.0784 e. The Balaban J connectivity index is 2.18. The fraction of sp³-hybridized carbons (Fsp3) is 0.400. The van der Waals surface area contributed by atoms with Crippen LogP contribution in [0.5, 0.6) is 0 Å². The third kappa shape index (κ3) is 5.46. The Labute approximate surface area is 158 Å². The number of benzene rings is 2. The lowest BCUT2D eigenvalue weighted by atomic mass is 9.77. The van der Waals surface area contributed by atoms with Crippen LogP contribution in [-0.2, 0) is 22.9 Å². The highest BCUT2D eigenvalue weighted by Gasteiger charge is 2.29. The molecule has 2 aromatic rings. The number of rotatable bonds is 9. The summed E-state index contributed by atoms with van der Waals surface area (Å²) >= 11 is -2.17. The SMILES string of the molecule is CC(CN)(CC(CCc1ccccc1)S(=O)[O-])c1cccc(C(N)N)c1. The maximum Gasteiger partial charge on any atom is 0.0784 e. The first-order chi connectivity index (χ1) is 12.4. The lowest BCUT2D eigenvalue weighted by Crippen LogP contribution is -2.37. The average Bonchev–Trinajstić information content (AvgIpc) is 2.65. The largest absolute Gasteiger partial charge is 0.772 e. The predicted octanol–water partition coefficient (Wildman–Crippen LogP) is 2.09. The number of hydrogen-bond donors (Lipinski definition) is 3. The van der Waals surface area contributed by atoms with Gasteiger partial charge < -0.3 is 21.8 Å². The average molecular weight is 375 g/mol. The van der Waals surface area contributed by atoms with Crippen molar-refractivity contribution in [2.45, 2.75) is 43.0 Å². The third-order valence-electron chi connectivity index (χ3n) is 4.97. The fourth-order valence-electron chi connectivity index (χ4n) is 3.18. The Morgan fingerprint density at radius 1 is 1.12 bits per heavy atom. The molecule has 0 bridgehead atoms. The summed E-state index contributed by atoms with van der Waals surface area (Å²) in [7, 11) is 0. The predicted molar refractivity (Wildman–Crippen MR) is 106 cm³/mol. The second-order valence-electron chi connectivity index (χ2n) is 7.03. The molecule has 0 aliphatic carbocycles. The molecule has 0 spiro atoms. The number of nitrogens with two attached hydrogens (primary N) is 3. The molecule has 2 aromatic carbocycles. The summed E-state index contributed by atoms with van der Waals surface area (Å²) in [6.07, 6.45) is 1.16. The van der Waals surface area contributed by atoms with Crippen LogP contribution >= 0.6 is 0 Å². The van der Waals surface area contributed by atoms with E-state index in [2.05, 4.69) is 0 Å². The van der Waals surface area contributed by atoms with Gasteiger partial charge in [-0.3, -0.25) is 4.21 Å². The maximum atomic E-state index is 11.8. The Morgan fingerprint density at radius 3 is 2.38 bits per heavy atom. The van der Waals surface area contributed by atoms with Crippen LogP contribution in [-0.4, -0.2) is 20.6 Å². The van der Waals surface area contributed by atoms with E-state index in [0.717, 1.165) is 16.7 Å². The molecule has 6 heteroatoms. The van der Waals surface area contributed by atoms with Gasteiger partial charge in [-0.25, -0.2) is 0 Å². The molecular weight excluding hydrogens is 346 g/mol. The van der Waals surface area contributed by atoms with Crippen molar-refractivity contribution in [2.75, 3.05) is 6.54 Å². The molecular formula is C20H28N3O2S-. The Morgan fingerprint density at radius 2 is 1.81 bits per heavy atom. The summed E-state index contributed by atoms with van der Waals surface area (Å²) in [5.41, 5.74) is 20.1. The molecule has 0 radical (unpaired) electrons. The van der Waals surface area contributed by atoms with Gasteiger partial charge in [0.2, 0.25) is 0 Å². The van der Waals surface area contributed by atoms with Gasteiger partial charge in [-0.15, -0.1) is 0 Å². The normalized spacial score (nSPS) is 16.2. The van der Waals surface area contributed by atoms with Crippen molar-refractivity contribution in [1.29, 1.82) is 0 Å². The van der Waals surface area contributed by atoms with Gasteiger partial charge in [0.1, 0.15) is 0 Å². The molecule has 0 aromatic heterocycles. The molecule has 0 aliphatic heterocycles. The monoisotopic (exact) mass is 374 g/mol. The van der Waals surface area contributed by atoms with Crippen LogP contribution in [0.25, 0.3) is 0 Å². The molecule has 26 heavy (non-hydrogen) atoms. The molecule has 0 aliphatic rings. The molecule has 142 valence electrons. The fourth-order valence-corrected chi connectivity index (χ4v) is 4.00. The highest BCUT2D eigenvalue weighted by atomic mass is 32.2. The lowest BCUT2D eigenvalue weighted by Gasteiger charge is -2.34. The van der Waals surface area contributed by atoms with Crippen LogP contribution in [0, 0.1) is 0 Å². The topological polar surface area (TPSA) is 118 Å². The van der Waals surface area contributed by atoms with Gasteiger partial charge in [0.15, 0.2) is 0 Å². The highest BCUT2D eigenvalue weighted by molar-refractivity contribution is 7.79. The Hall–Kier alpha value is -1.57. The molecule has 2 rings (SSSR count). The molecule has 6 N–H and O–H groups in total. The van der Waals surface area contributed by atoms with Crippen LogP contribution in [0.3, 0.4) is 0 Å². The second kappa shape index (κ2) is 9.39. The standard InChI is InChI=1S/C20H29N3O2S/c1-20(14-21,17-9-5-8-16(12-17)19(22)23)13-18(26(24)25)11-10-15-6-3-2-4-7-15/h2-9,12,18-19H,10-11,13-14,21-23H2,1H3,(H,24,25)/p-1. The summed E-state index contributed by atoms with van der Waals surface area (Å²) in [4.78, 5) is 0. The molecule has 5 nitrogen and oxygen atoms in total. The van der Waals surface area contributed by atoms with Crippen LogP contribution in [0.15, 0.2) is 54.6 Å². The van der Waals surface area contributed by atoms with Crippen molar-refractivity contribution >= 4 is 11.1 Å². The first kappa shape index (κ1) is 20.7. The minimum atomic E-state index is -2.17. The van der Waals surface area contributed by atoms with Crippen molar-refractivity contribution in [2.24, 2.45) is 17.2 Å². The van der Waals surface area contributed by atoms with E-state index >= 15 is 0 Å². The summed E-state index contributed by atoms with van der Waals surface area (Å²) in [6.45, 7) is 2.34. The molecule has 0 heterocycles. The third-order valence-corrected chi connectivity index (χ3v) is 5.91. The summed E-state index contributed by atoms with van der Waals surface area (Å²) in [5, 5.41) is -0.473. The molecule has 3 unspecified atom stereocenters. The van der Waals surface area contributed by atoms with Crippen molar-refractivity contribution in [3.8, 4) is 0 Å². The first-order valence-electron chi connectivity index (χ1n) is 8.79. The van der Waals surface area contributed by atoms with E-state index in [-0.39, 0.29) is 0 Å². The molecule has 0 saturated carbocycles. The van der Waals surface area contributed by atoms with E-state index in [1.165, 1.54) is 0 Å². The van der Waals surface area contributed by atoms with Crippen LogP contribution in [0.4, 0.5) is 0 Å². The van der Waals surface area contributed by atoms with E-state index in [1.54, 1.807) is 0 Å². The highest BCUT2D eigenvalue weighted by Crippen LogP contribution is 2.32. The van der Waals surface area contributed by atoms with Crippen molar-refractivity contribution in [3.05, 3.63) is 71.3 Å². The Kier molecular flexibility index (Phi) is 7.49. The first-order valence-corrected chi connectivity index (χ1v) is 9.93. The van der Waals surface area contributed by atoms with Gasteiger partial charge in [-0.1, -0.05) is 72.6 Å². The van der Waals surface area contributed by atoms with E-state index in [0.29, 0.717) is 25.8 Å². The quantitative estimate of drug-likeness (QED) is 0.459. The van der Waals surface area contributed by atoms with Crippen molar-refractivity contribution in [1.82, 2.24) is 0 Å². The van der Waals surface area contributed by atoms with Gasteiger partial charge >= 0.3 is 0 Å². The molecule has 0 fully saturated rings. The zero-order valence-electron chi connectivity index (χ0n) is 15.1. The number of aryl methyl sites for hydroxylation is 1. The zero-order chi connectivity index (χ0) is 19.2. The van der Waals surface area contributed by atoms with Gasteiger partial charge in [0, 0.05) is 17.2 Å². The summed E-state index contributed by atoms with van der Waals surface area (Å²) in [5.74, 6) is 0. The lowest BCUT2D eigenvalue weighted by molar-refractivity contribution is 0.409. The minimum Gasteiger partial charge on any atom is -0.772 e. The van der Waals surface area contributed by atoms with Gasteiger partial charge in [-0.05, 0) is 36.0 Å². The number of hydrogen-bond acceptors (Lipinski definition) is 5. The summed E-state index contributed by atoms with van der Waals surface area (Å²) < 4.78 is 23.7. The summed E-state index contributed by atoms with van der Waals surface area (Å²) in [6, 6.07) is 17.5. The minimum absolute atomic E-state index is 0.343. The van der Waals surface area contributed by atoms with E-state index in [4.69, 9.17) is 17.2 Å². The van der Waals surface area contributed by atoms with Gasteiger partial charge in [0.25, 0.3) is 0 Å². The van der Waals surface area contributed by atoms with Gasteiger partial charge in [0.05, 0.1) is 6.17 Å². The molecule has 0 saturated heterocycles. The van der Waals surface area contributed by atoms with E-state index < -0.39 is 27.9 Å². The van der Waals surface area contributed by atoms with Crippen molar-refractivity contribution in [3.63, 3.8) is 0 Å².